The number of aliphatic carboxylic acids is 1. The van der Waals surface area contributed by atoms with E-state index in [2.05, 4.69) is 20.5 Å². The molecule has 2 amide bonds. The Bertz CT molecular complexity index is 928. The largest absolute Gasteiger partial charge is 0.477 e. The molecule has 2 aliphatic rings. The number of nitrogens with zero attached hydrogens (tertiary/aromatic N) is 3. The van der Waals surface area contributed by atoms with Crippen molar-refractivity contribution in [1.29, 1.82) is 0 Å². The molecule has 0 spiro atoms. The van der Waals surface area contributed by atoms with Crippen molar-refractivity contribution in [3.05, 3.63) is 40.0 Å². The van der Waals surface area contributed by atoms with E-state index in [0.717, 1.165) is 4.88 Å². The second-order valence-electron chi connectivity index (χ2n) is 6.05. The molecule has 146 valence electrons. The van der Waals surface area contributed by atoms with E-state index in [-0.39, 0.29) is 18.0 Å². The quantitative estimate of drug-likeness (QED) is 0.431. The Labute approximate surface area is 172 Å². The van der Waals surface area contributed by atoms with Gasteiger partial charge < -0.3 is 10.4 Å². The van der Waals surface area contributed by atoms with Gasteiger partial charge in [0.15, 0.2) is 5.16 Å². The number of thiophene rings is 1. The first-order valence-electron chi connectivity index (χ1n) is 8.24. The summed E-state index contributed by atoms with van der Waals surface area (Å²) in [7, 11) is 0. The Kier molecular flexibility index (Phi) is 5.42. The van der Waals surface area contributed by atoms with Crippen LogP contribution in [0.5, 0.6) is 0 Å². The molecular weight excluding hydrogens is 422 g/mol. The van der Waals surface area contributed by atoms with Gasteiger partial charge in [-0.05, 0) is 17.0 Å². The van der Waals surface area contributed by atoms with Crippen LogP contribution in [0.3, 0.4) is 0 Å². The monoisotopic (exact) mass is 437 g/mol. The maximum atomic E-state index is 12.6. The van der Waals surface area contributed by atoms with Gasteiger partial charge in [-0.15, -0.1) is 23.1 Å². The third-order valence-corrected chi connectivity index (χ3v) is 7.44. The standard InChI is InChI=1S/C16H15N5O4S3/c22-10(4-9-2-1-3-26-9)19-11-13(23)21-12(15(24)25)8(5-27-14(11)21)6-28-16-17-7-18-20-16/h1-3,7,11,14H,4-6H2,(H,19,22)(H,24,25)(H,17,18,20)/t11?,14-/m0/s1. The van der Waals surface area contributed by atoms with Crippen molar-refractivity contribution in [3.63, 3.8) is 0 Å². The van der Waals surface area contributed by atoms with Gasteiger partial charge in [0.1, 0.15) is 23.4 Å². The molecule has 1 unspecified atom stereocenters. The molecule has 0 radical (unpaired) electrons. The lowest BCUT2D eigenvalue weighted by atomic mass is 10.0. The minimum Gasteiger partial charge on any atom is -0.477 e. The van der Waals surface area contributed by atoms with Crippen molar-refractivity contribution in [2.24, 2.45) is 0 Å². The van der Waals surface area contributed by atoms with Crippen molar-refractivity contribution >= 4 is 52.6 Å². The first-order valence-corrected chi connectivity index (χ1v) is 11.2. The number of hydrogen-bond acceptors (Lipinski definition) is 8. The first kappa shape index (κ1) is 19.0. The van der Waals surface area contributed by atoms with Crippen molar-refractivity contribution in [2.45, 2.75) is 23.0 Å². The molecule has 2 atom stereocenters. The number of fused-ring (bicyclic) bond motifs is 1. The highest BCUT2D eigenvalue weighted by molar-refractivity contribution is 8.01. The number of carboxylic acid groups (broad SMARTS) is 1. The lowest BCUT2D eigenvalue weighted by molar-refractivity contribution is -0.150. The molecule has 28 heavy (non-hydrogen) atoms. The number of carbonyl (C=O) groups excluding carboxylic acids is 2. The number of aromatic nitrogens is 3. The number of H-pyrrole nitrogens is 1. The highest BCUT2D eigenvalue weighted by Crippen LogP contribution is 2.41. The Morgan fingerprint density at radius 2 is 2.32 bits per heavy atom. The Balaban J connectivity index is 1.44. The minimum atomic E-state index is -1.14. The van der Waals surface area contributed by atoms with Gasteiger partial charge in [-0.2, -0.15) is 5.10 Å². The molecule has 0 aliphatic carbocycles. The average Bonchev–Trinajstić information content (AvgIpc) is 3.37. The second kappa shape index (κ2) is 7.97. The maximum Gasteiger partial charge on any atom is 0.352 e. The number of amides is 2. The molecule has 2 aliphatic heterocycles. The van der Waals surface area contributed by atoms with Gasteiger partial charge in [0.05, 0.1) is 6.42 Å². The fourth-order valence-corrected chi connectivity index (χ4v) is 5.98. The summed E-state index contributed by atoms with van der Waals surface area (Å²) in [4.78, 5) is 42.8. The molecule has 0 saturated carbocycles. The summed E-state index contributed by atoms with van der Waals surface area (Å²) in [6.45, 7) is 0. The van der Waals surface area contributed by atoms with Gasteiger partial charge in [0, 0.05) is 16.4 Å². The molecule has 4 heterocycles. The Morgan fingerprint density at radius 3 is 3.00 bits per heavy atom. The van der Waals surface area contributed by atoms with Crippen LogP contribution in [0.1, 0.15) is 4.88 Å². The van der Waals surface area contributed by atoms with E-state index in [9.17, 15) is 19.5 Å². The summed E-state index contributed by atoms with van der Waals surface area (Å²) in [5.41, 5.74) is 0.649. The normalized spacial score (nSPS) is 21.3. The molecule has 1 saturated heterocycles. The third-order valence-electron chi connectivity index (χ3n) is 4.26. The van der Waals surface area contributed by atoms with Gasteiger partial charge in [0.2, 0.25) is 5.91 Å². The van der Waals surface area contributed by atoms with E-state index >= 15 is 0 Å². The molecule has 4 rings (SSSR count). The number of aromatic amines is 1. The molecule has 1 fully saturated rings. The molecule has 9 nitrogen and oxygen atoms in total. The number of carbonyl (C=O) groups is 3. The van der Waals surface area contributed by atoms with Crippen LogP contribution in [-0.4, -0.2) is 65.9 Å². The van der Waals surface area contributed by atoms with Crippen LogP contribution in [0.15, 0.2) is 40.3 Å². The van der Waals surface area contributed by atoms with Gasteiger partial charge >= 0.3 is 5.97 Å². The molecule has 0 bridgehead atoms. The average molecular weight is 438 g/mol. The van der Waals surface area contributed by atoms with E-state index in [1.54, 1.807) is 0 Å². The lowest BCUT2D eigenvalue weighted by Gasteiger charge is -2.49. The maximum absolute atomic E-state index is 12.6. The number of thioether (sulfide) groups is 2. The van der Waals surface area contributed by atoms with Crippen molar-refractivity contribution < 1.29 is 19.5 Å². The molecule has 3 N–H and O–H groups in total. The van der Waals surface area contributed by atoms with Crippen LogP contribution in [0.4, 0.5) is 0 Å². The predicted octanol–water partition coefficient (Wildman–Crippen LogP) is 0.940. The van der Waals surface area contributed by atoms with Crippen LogP contribution < -0.4 is 5.32 Å². The van der Waals surface area contributed by atoms with Crippen molar-refractivity contribution in [1.82, 2.24) is 25.4 Å². The summed E-state index contributed by atoms with van der Waals surface area (Å²) in [5, 5.41) is 20.9. The molecule has 0 aromatic carbocycles. The summed E-state index contributed by atoms with van der Waals surface area (Å²) in [5.74, 6) is -0.926. The van der Waals surface area contributed by atoms with Crippen LogP contribution in [0, 0.1) is 0 Å². The predicted molar refractivity (Wildman–Crippen MR) is 105 cm³/mol. The molecule has 2 aromatic heterocycles. The van der Waals surface area contributed by atoms with Crippen LogP contribution >= 0.6 is 34.9 Å². The first-order chi connectivity index (χ1) is 13.5. The second-order valence-corrected chi connectivity index (χ2v) is 9.15. The lowest BCUT2D eigenvalue weighted by Crippen LogP contribution is -2.70. The Hall–Kier alpha value is -2.31. The fourth-order valence-electron chi connectivity index (χ4n) is 3.01. The van der Waals surface area contributed by atoms with E-state index < -0.39 is 23.3 Å². The molecular formula is C16H15N5O4S3. The summed E-state index contributed by atoms with van der Waals surface area (Å²) < 4.78 is 0. The molecule has 12 heteroatoms. The zero-order valence-corrected chi connectivity index (χ0v) is 16.8. The number of nitrogens with one attached hydrogen (secondary N) is 2. The van der Waals surface area contributed by atoms with E-state index in [4.69, 9.17) is 0 Å². The number of carboxylic acids is 1. The van der Waals surface area contributed by atoms with Crippen LogP contribution in [-0.2, 0) is 20.8 Å². The van der Waals surface area contributed by atoms with Crippen molar-refractivity contribution in [2.75, 3.05) is 11.5 Å². The highest BCUT2D eigenvalue weighted by atomic mass is 32.2. The van der Waals surface area contributed by atoms with Crippen LogP contribution in [0.25, 0.3) is 0 Å². The van der Waals surface area contributed by atoms with Gasteiger partial charge in [-0.1, -0.05) is 17.8 Å². The highest BCUT2D eigenvalue weighted by Gasteiger charge is 2.54. The SMILES string of the molecule is O=C(Cc1cccs1)NC1C(=O)N2C(C(=O)O)=C(CSc3ncn[nH]3)CS[C@@H]12. The van der Waals surface area contributed by atoms with Crippen molar-refractivity contribution in [3.8, 4) is 0 Å². The summed E-state index contributed by atoms with van der Waals surface area (Å²) >= 11 is 4.26. The fraction of sp³-hybridized carbons (Fsp3) is 0.312. The Morgan fingerprint density at radius 1 is 1.46 bits per heavy atom. The zero-order chi connectivity index (χ0) is 19.7. The van der Waals surface area contributed by atoms with E-state index in [1.165, 1.54) is 46.1 Å². The summed E-state index contributed by atoms with van der Waals surface area (Å²) in [6.07, 6.45) is 1.59. The van der Waals surface area contributed by atoms with Gasteiger partial charge in [-0.25, -0.2) is 9.78 Å². The smallest absolute Gasteiger partial charge is 0.352 e. The van der Waals surface area contributed by atoms with Crippen LogP contribution in [0.2, 0.25) is 0 Å². The summed E-state index contributed by atoms with van der Waals surface area (Å²) in [6, 6.07) is 3.02. The topological polar surface area (TPSA) is 128 Å². The van der Waals surface area contributed by atoms with E-state index in [1.807, 2.05) is 17.5 Å². The number of hydrogen-bond donors (Lipinski definition) is 3. The third kappa shape index (κ3) is 3.66. The number of β-lactam (4-membered cyclic amide) rings is 1. The van der Waals surface area contributed by atoms with Gasteiger partial charge in [-0.3, -0.25) is 19.6 Å². The minimum absolute atomic E-state index is 0.00419. The van der Waals surface area contributed by atoms with Gasteiger partial charge in [0.25, 0.3) is 5.91 Å². The zero-order valence-electron chi connectivity index (χ0n) is 14.3. The van der Waals surface area contributed by atoms with E-state index in [0.29, 0.717) is 22.2 Å². The molecule has 2 aromatic rings. The number of rotatable bonds is 7.